The standard InChI is InChI=1S/C29H23N3O3/c1-20(28(33)32(21-12-4-2-5-13-21)22-14-6-3-7-15-22)35-29(34)24-17-9-8-16-23(24)27-30-25-18-10-11-19-26(25)31-27/h2-20H,1H3,(H,30,31). The third kappa shape index (κ3) is 4.54. The number of H-pyrrole nitrogens is 1. The highest BCUT2D eigenvalue weighted by Gasteiger charge is 2.28. The van der Waals surface area contributed by atoms with Gasteiger partial charge in [0.05, 0.1) is 16.6 Å². The van der Waals surface area contributed by atoms with Crippen LogP contribution in [0.15, 0.2) is 109 Å². The first-order valence-electron chi connectivity index (χ1n) is 11.3. The van der Waals surface area contributed by atoms with Crippen LogP contribution >= 0.6 is 0 Å². The van der Waals surface area contributed by atoms with E-state index in [0.29, 0.717) is 28.3 Å². The minimum absolute atomic E-state index is 0.331. The molecule has 0 saturated heterocycles. The highest BCUT2D eigenvalue weighted by atomic mass is 16.5. The number of nitrogens with one attached hydrogen (secondary N) is 1. The van der Waals surface area contributed by atoms with Crippen molar-refractivity contribution in [1.82, 2.24) is 9.97 Å². The van der Waals surface area contributed by atoms with E-state index in [1.807, 2.05) is 91.0 Å². The van der Waals surface area contributed by atoms with E-state index in [1.54, 1.807) is 30.0 Å². The Hall–Kier alpha value is -4.71. The number of anilines is 2. The smallest absolute Gasteiger partial charge is 0.339 e. The highest BCUT2D eigenvalue weighted by molar-refractivity contribution is 6.05. The number of ether oxygens (including phenoxy) is 1. The van der Waals surface area contributed by atoms with E-state index >= 15 is 0 Å². The van der Waals surface area contributed by atoms with Crippen molar-refractivity contribution in [2.24, 2.45) is 0 Å². The van der Waals surface area contributed by atoms with Gasteiger partial charge in [-0.2, -0.15) is 0 Å². The van der Waals surface area contributed by atoms with Gasteiger partial charge in [0, 0.05) is 16.9 Å². The van der Waals surface area contributed by atoms with Crippen molar-refractivity contribution in [3.63, 3.8) is 0 Å². The minimum atomic E-state index is -1.02. The van der Waals surface area contributed by atoms with Crippen LogP contribution in [0.3, 0.4) is 0 Å². The molecule has 172 valence electrons. The summed E-state index contributed by atoms with van der Waals surface area (Å²) in [4.78, 5) is 36.2. The van der Waals surface area contributed by atoms with Gasteiger partial charge in [0.25, 0.3) is 5.91 Å². The molecule has 0 spiro atoms. The fourth-order valence-corrected chi connectivity index (χ4v) is 3.96. The van der Waals surface area contributed by atoms with Crippen LogP contribution < -0.4 is 4.90 Å². The number of imidazole rings is 1. The molecule has 1 aromatic heterocycles. The van der Waals surface area contributed by atoms with E-state index in [9.17, 15) is 9.59 Å². The maximum atomic E-state index is 13.5. The van der Waals surface area contributed by atoms with Crippen molar-refractivity contribution in [3.8, 4) is 11.4 Å². The molecule has 0 aliphatic rings. The van der Waals surface area contributed by atoms with Gasteiger partial charge in [-0.3, -0.25) is 9.69 Å². The van der Waals surface area contributed by atoms with E-state index < -0.39 is 12.1 Å². The summed E-state index contributed by atoms with van der Waals surface area (Å²) in [5, 5.41) is 0. The van der Waals surface area contributed by atoms with Crippen molar-refractivity contribution in [1.29, 1.82) is 0 Å². The molecule has 1 unspecified atom stereocenters. The number of nitrogens with zero attached hydrogens (tertiary/aromatic N) is 2. The number of aromatic nitrogens is 2. The maximum Gasteiger partial charge on any atom is 0.339 e. The van der Waals surface area contributed by atoms with Gasteiger partial charge in [0.1, 0.15) is 5.82 Å². The predicted octanol–water partition coefficient (Wildman–Crippen LogP) is 6.14. The largest absolute Gasteiger partial charge is 0.449 e. The van der Waals surface area contributed by atoms with Crippen LogP contribution in [0.2, 0.25) is 0 Å². The Balaban J connectivity index is 1.42. The first-order chi connectivity index (χ1) is 17.1. The van der Waals surface area contributed by atoms with E-state index in [-0.39, 0.29) is 5.91 Å². The fourth-order valence-electron chi connectivity index (χ4n) is 3.96. The third-order valence-corrected chi connectivity index (χ3v) is 5.67. The van der Waals surface area contributed by atoms with Gasteiger partial charge in [0.15, 0.2) is 6.10 Å². The first kappa shape index (κ1) is 22.1. The number of carbonyl (C=O) groups is 2. The lowest BCUT2D eigenvalue weighted by atomic mass is 10.1. The average molecular weight is 462 g/mol. The topological polar surface area (TPSA) is 75.3 Å². The second kappa shape index (κ2) is 9.65. The Morgan fingerprint density at radius 3 is 2.00 bits per heavy atom. The summed E-state index contributed by atoms with van der Waals surface area (Å²) in [6.45, 7) is 1.59. The summed E-state index contributed by atoms with van der Waals surface area (Å²) in [6, 6.07) is 33.3. The maximum absolute atomic E-state index is 13.5. The lowest BCUT2D eigenvalue weighted by Gasteiger charge is -2.26. The molecule has 0 aliphatic heterocycles. The van der Waals surface area contributed by atoms with Crippen LogP contribution in [-0.2, 0) is 9.53 Å². The second-order valence-electron chi connectivity index (χ2n) is 8.04. The number of benzene rings is 4. The SMILES string of the molecule is CC(OC(=O)c1ccccc1-c1nc2ccccc2[nH]1)C(=O)N(c1ccccc1)c1ccccc1. The van der Waals surface area contributed by atoms with Gasteiger partial charge in [-0.15, -0.1) is 0 Å². The minimum Gasteiger partial charge on any atom is -0.449 e. The summed E-state index contributed by atoms with van der Waals surface area (Å²) >= 11 is 0. The van der Waals surface area contributed by atoms with Gasteiger partial charge >= 0.3 is 5.97 Å². The molecule has 5 aromatic rings. The van der Waals surface area contributed by atoms with E-state index in [2.05, 4.69) is 9.97 Å². The van der Waals surface area contributed by atoms with Gasteiger partial charge in [-0.1, -0.05) is 66.7 Å². The Morgan fingerprint density at radius 2 is 1.34 bits per heavy atom. The van der Waals surface area contributed by atoms with Crippen LogP contribution in [0.25, 0.3) is 22.4 Å². The van der Waals surface area contributed by atoms with Crippen molar-refractivity contribution >= 4 is 34.3 Å². The van der Waals surface area contributed by atoms with Gasteiger partial charge < -0.3 is 9.72 Å². The number of carbonyl (C=O) groups excluding carboxylic acids is 2. The monoisotopic (exact) mass is 461 g/mol. The van der Waals surface area contributed by atoms with E-state index in [0.717, 1.165) is 11.0 Å². The number of hydrogen-bond donors (Lipinski definition) is 1. The molecule has 0 bridgehead atoms. The lowest BCUT2D eigenvalue weighted by Crippen LogP contribution is -2.37. The number of fused-ring (bicyclic) bond motifs is 1. The first-order valence-corrected chi connectivity index (χ1v) is 11.3. The Morgan fingerprint density at radius 1 is 0.771 bits per heavy atom. The Bertz CT molecular complexity index is 1410. The molecule has 5 rings (SSSR count). The summed E-state index contributed by atoms with van der Waals surface area (Å²) < 4.78 is 5.69. The molecule has 35 heavy (non-hydrogen) atoms. The van der Waals surface area contributed by atoms with Crippen molar-refractivity contribution in [2.75, 3.05) is 4.90 Å². The number of hydrogen-bond acceptors (Lipinski definition) is 4. The summed E-state index contributed by atoms with van der Waals surface area (Å²) in [6.07, 6.45) is -1.02. The van der Waals surface area contributed by atoms with Gasteiger partial charge in [0.2, 0.25) is 0 Å². The molecule has 6 heteroatoms. The number of para-hydroxylation sites is 4. The van der Waals surface area contributed by atoms with Crippen LogP contribution in [-0.4, -0.2) is 27.9 Å². The predicted molar refractivity (Wildman–Crippen MR) is 136 cm³/mol. The molecule has 0 aliphatic carbocycles. The Labute approximate surface area is 202 Å². The van der Waals surface area contributed by atoms with Crippen LogP contribution in [0.5, 0.6) is 0 Å². The van der Waals surface area contributed by atoms with Gasteiger partial charge in [-0.25, -0.2) is 9.78 Å². The average Bonchev–Trinajstić information content (AvgIpc) is 3.34. The highest BCUT2D eigenvalue weighted by Crippen LogP contribution is 2.28. The second-order valence-corrected chi connectivity index (χ2v) is 8.04. The van der Waals surface area contributed by atoms with Crippen molar-refractivity contribution < 1.29 is 14.3 Å². The molecular weight excluding hydrogens is 438 g/mol. The fraction of sp³-hybridized carbons (Fsp3) is 0.0690. The van der Waals surface area contributed by atoms with Crippen LogP contribution in [0.1, 0.15) is 17.3 Å². The van der Waals surface area contributed by atoms with Gasteiger partial charge in [-0.05, 0) is 49.4 Å². The Kier molecular flexibility index (Phi) is 6.09. The molecule has 1 amide bonds. The number of esters is 1. The number of aromatic amines is 1. The molecule has 4 aromatic carbocycles. The molecule has 0 fully saturated rings. The zero-order chi connectivity index (χ0) is 24.2. The van der Waals surface area contributed by atoms with Crippen LogP contribution in [0.4, 0.5) is 11.4 Å². The van der Waals surface area contributed by atoms with E-state index in [4.69, 9.17) is 4.74 Å². The molecule has 1 heterocycles. The molecule has 0 saturated carbocycles. The molecule has 0 radical (unpaired) electrons. The lowest BCUT2D eigenvalue weighted by molar-refractivity contribution is -0.125. The summed E-state index contributed by atoms with van der Waals surface area (Å²) in [5.74, 6) is -0.382. The molecule has 6 nitrogen and oxygen atoms in total. The third-order valence-electron chi connectivity index (χ3n) is 5.67. The number of rotatable bonds is 6. The zero-order valence-corrected chi connectivity index (χ0v) is 19.1. The van der Waals surface area contributed by atoms with Crippen LogP contribution in [0, 0.1) is 0 Å². The molecule has 1 atom stereocenters. The van der Waals surface area contributed by atoms with E-state index in [1.165, 1.54) is 0 Å². The molecule has 1 N–H and O–H groups in total. The summed E-state index contributed by atoms with van der Waals surface area (Å²) in [5.41, 5.74) is 3.99. The quantitative estimate of drug-likeness (QED) is 0.308. The number of amides is 1. The van der Waals surface area contributed by atoms with Crippen molar-refractivity contribution in [3.05, 3.63) is 115 Å². The zero-order valence-electron chi connectivity index (χ0n) is 19.1. The summed E-state index contributed by atoms with van der Waals surface area (Å²) in [7, 11) is 0. The normalized spacial score (nSPS) is 11.7. The van der Waals surface area contributed by atoms with Crippen molar-refractivity contribution in [2.45, 2.75) is 13.0 Å². The molecular formula is C29H23N3O3.